The molecule has 0 aliphatic carbocycles. The smallest absolute Gasteiger partial charge is 0.407 e. The fourth-order valence-corrected chi connectivity index (χ4v) is 5.30. The number of carbonyl (C=O) groups excluding carboxylic acids is 2. The van der Waals surface area contributed by atoms with Crippen molar-refractivity contribution in [3.8, 4) is 0 Å². The molecule has 1 aromatic heterocycles. The number of non-ortho nitro benzene ring substituents is 1. The molecule has 0 bridgehead atoms. The van der Waals surface area contributed by atoms with Gasteiger partial charge in [0.05, 0.1) is 4.92 Å². The van der Waals surface area contributed by atoms with Gasteiger partial charge in [-0.05, 0) is 73.5 Å². The number of benzene rings is 3. The molecule has 3 aromatic carbocycles. The minimum atomic E-state index is -0.951. The van der Waals surface area contributed by atoms with Crippen LogP contribution < -0.4 is 16.2 Å². The Morgan fingerprint density at radius 3 is 2.53 bits per heavy atom. The molecule has 1 heterocycles. The first-order valence-electron chi connectivity index (χ1n) is 15.3. The zero-order chi connectivity index (χ0) is 34.3. The van der Waals surface area contributed by atoms with E-state index in [1.165, 1.54) is 17.0 Å². The molecule has 47 heavy (non-hydrogen) atoms. The van der Waals surface area contributed by atoms with Crippen LogP contribution in [-0.4, -0.2) is 57.2 Å². The van der Waals surface area contributed by atoms with Gasteiger partial charge in [0.1, 0.15) is 11.6 Å². The summed E-state index contributed by atoms with van der Waals surface area (Å²) in [5, 5.41) is 28.4. The SMILES string of the molecule is Cc1cc(C(Nc2ccc3cc[nH]c(=O)c3c2)C(=O)N(CCNC(=O)OC(C)(C)C)Cc2cccc([N+](=O)[O-])c2)ccc1[C@@H](C)CO. The third kappa shape index (κ3) is 9.17. The van der Waals surface area contributed by atoms with E-state index in [-0.39, 0.29) is 49.3 Å². The lowest BCUT2D eigenvalue weighted by atomic mass is 9.93. The number of aromatic amines is 1. The summed E-state index contributed by atoms with van der Waals surface area (Å²) in [6, 6.07) is 17.7. The summed E-state index contributed by atoms with van der Waals surface area (Å²) in [5.74, 6) is -0.477. The van der Waals surface area contributed by atoms with E-state index in [9.17, 15) is 29.6 Å². The van der Waals surface area contributed by atoms with Crippen LogP contribution in [-0.2, 0) is 16.1 Å². The predicted octanol–water partition coefficient (Wildman–Crippen LogP) is 5.55. The standard InChI is InChI=1S/C35H41N5O7/c1-22-17-26(10-12-29(22)23(2)21-41)31(38-27-11-9-25-13-14-36-32(42)30(25)19-27)33(43)39(16-15-37-34(44)47-35(3,4)5)20-24-7-6-8-28(18-24)40(45)46/h6-14,17-19,23,31,38,41H,15-16,20-21H2,1-5H3,(H,36,42)(H,37,44)/t23-,31?/m0/s1. The maximum atomic E-state index is 14.6. The van der Waals surface area contributed by atoms with Crippen molar-refractivity contribution in [3.63, 3.8) is 0 Å². The lowest BCUT2D eigenvalue weighted by molar-refractivity contribution is -0.384. The zero-order valence-electron chi connectivity index (χ0n) is 27.2. The molecule has 4 N–H and O–H groups in total. The molecule has 248 valence electrons. The van der Waals surface area contributed by atoms with Crippen LogP contribution in [0.1, 0.15) is 61.9 Å². The highest BCUT2D eigenvalue weighted by atomic mass is 16.6. The number of nitro benzene ring substituents is 1. The number of nitrogens with zero attached hydrogens (tertiary/aromatic N) is 2. The summed E-state index contributed by atoms with van der Waals surface area (Å²) in [4.78, 5) is 54.7. The molecule has 2 amide bonds. The first kappa shape index (κ1) is 34.6. The highest BCUT2D eigenvalue weighted by molar-refractivity contribution is 5.89. The first-order chi connectivity index (χ1) is 22.3. The predicted molar refractivity (Wildman–Crippen MR) is 180 cm³/mol. The molecule has 0 fully saturated rings. The summed E-state index contributed by atoms with van der Waals surface area (Å²) < 4.78 is 5.35. The minimum absolute atomic E-state index is 0.0185. The van der Waals surface area contributed by atoms with Gasteiger partial charge in [-0.3, -0.25) is 19.7 Å². The van der Waals surface area contributed by atoms with Crippen LogP contribution in [0, 0.1) is 17.0 Å². The van der Waals surface area contributed by atoms with Gasteiger partial charge in [0.2, 0.25) is 5.91 Å². The number of hydrogen-bond acceptors (Lipinski definition) is 8. The van der Waals surface area contributed by atoms with E-state index in [0.29, 0.717) is 22.2 Å². The van der Waals surface area contributed by atoms with Crippen molar-refractivity contribution in [2.24, 2.45) is 0 Å². The summed E-state index contributed by atoms with van der Waals surface area (Å²) in [5.41, 5.74) is 2.42. The number of H-pyrrole nitrogens is 1. The number of carbonyl (C=O) groups is 2. The van der Waals surface area contributed by atoms with E-state index >= 15 is 0 Å². The van der Waals surface area contributed by atoms with Crippen LogP contribution in [0.25, 0.3) is 10.8 Å². The molecule has 0 aliphatic rings. The summed E-state index contributed by atoms with van der Waals surface area (Å²) in [6.45, 7) is 9.16. The number of pyridine rings is 1. The van der Waals surface area contributed by atoms with E-state index in [1.54, 1.807) is 63.4 Å². The number of nitro groups is 1. The Kier molecular flexibility index (Phi) is 11.0. The highest BCUT2D eigenvalue weighted by Gasteiger charge is 2.28. The molecule has 0 radical (unpaired) electrons. The monoisotopic (exact) mass is 643 g/mol. The number of anilines is 1. The minimum Gasteiger partial charge on any atom is -0.444 e. The summed E-state index contributed by atoms with van der Waals surface area (Å²) in [6.07, 6.45) is 0.930. The number of nitrogens with one attached hydrogen (secondary N) is 3. The van der Waals surface area contributed by atoms with Gasteiger partial charge in [-0.1, -0.05) is 43.3 Å². The Morgan fingerprint density at radius 1 is 1.09 bits per heavy atom. The molecule has 0 spiro atoms. The molecule has 12 heteroatoms. The second-order valence-electron chi connectivity index (χ2n) is 12.5. The Labute approximate surface area is 272 Å². The summed E-state index contributed by atoms with van der Waals surface area (Å²) >= 11 is 0. The number of aliphatic hydroxyl groups excluding tert-OH is 1. The number of fused-ring (bicyclic) bond motifs is 1. The number of amides is 2. The maximum Gasteiger partial charge on any atom is 0.407 e. The molecule has 12 nitrogen and oxygen atoms in total. The maximum absolute atomic E-state index is 14.6. The van der Waals surface area contributed by atoms with Crippen LogP contribution in [0.3, 0.4) is 0 Å². The molecule has 2 atom stereocenters. The van der Waals surface area contributed by atoms with Crippen LogP contribution in [0.4, 0.5) is 16.2 Å². The van der Waals surface area contributed by atoms with Gasteiger partial charge in [-0.2, -0.15) is 0 Å². The van der Waals surface area contributed by atoms with E-state index in [1.807, 2.05) is 32.0 Å². The van der Waals surface area contributed by atoms with Gasteiger partial charge in [0.25, 0.3) is 11.2 Å². The number of ether oxygens (including phenoxy) is 1. The lowest BCUT2D eigenvalue weighted by Crippen LogP contribution is -2.43. The molecular formula is C35H41N5O7. The van der Waals surface area contributed by atoms with Gasteiger partial charge in [0.15, 0.2) is 0 Å². The fraction of sp³-hybridized carbons (Fsp3) is 0.343. The van der Waals surface area contributed by atoms with Crippen molar-refractivity contribution in [2.45, 2.75) is 58.7 Å². The first-order valence-corrected chi connectivity index (χ1v) is 15.3. The Morgan fingerprint density at radius 2 is 1.85 bits per heavy atom. The number of hydrogen-bond donors (Lipinski definition) is 4. The zero-order valence-corrected chi connectivity index (χ0v) is 27.2. The Bertz CT molecular complexity index is 1810. The molecule has 0 saturated carbocycles. The van der Waals surface area contributed by atoms with E-state index in [2.05, 4.69) is 15.6 Å². The lowest BCUT2D eigenvalue weighted by Gasteiger charge is -2.30. The third-order valence-corrected chi connectivity index (χ3v) is 7.62. The van der Waals surface area contributed by atoms with Crippen molar-refractivity contribution in [3.05, 3.63) is 116 Å². The second kappa shape index (κ2) is 14.9. The number of alkyl carbamates (subject to hydrolysis) is 1. The molecule has 0 saturated heterocycles. The molecule has 4 rings (SSSR count). The molecule has 4 aromatic rings. The van der Waals surface area contributed by atoms with Gasteiger partial charge in [-0.15, -0.1) is 0 Å². The van der Waals surface area contributed by atoms with Gasteiger partial charge in [-0.25, -0.2) is 4.79 Å². The van der Waals surface area contributed by atoms with Gasteiger partial charge < -0.3 is 30.4 Å². The van der Waals surface area contributed by atoms with Crippen LogP contribution >= 0.6 is 0 Å². The Balaban J connectivity index is 1.73. The normalized spacial score (nSPS) is 12.6. The van der Waals surface area contributed by atoms with Crippen LogP contribution in [0.5, 0.6) is 0 Å². The van der Waals surface area contributed by atoms with Gasteiger partial charge >= 0.3 is 6.09 Å². The van der Waals surface area contributed by atoms with Crippen molar-refractivity contribution < 1.29 is 24.4 Å². The highest BCUT2D eigenvalue weighted by Crippen LogP contribution is 2.29. The van der Waals surface area contributed by atoms with Gasteiger partial charge in [0, 0.05) is 61.6 Å². The number of rotatable bonds is 12. The van der Waals surface area contributed by atoms with E-state index < -0.39 is 22.7 Å². The second-order valence-corrected chi connectivity index (χ2v) is 12.5. The van der Waals surface area contributed by atoms with Crippen LogP contribution in [0.2, 0.25) is 0 Å². The largest absolute Gasteiger partial charge is 0.444 e. The fourth-order valence-electron chi connectivity index (χ4n) is 5.30. The van der Waals surface area contributed by atoms with E-state index in [4.69, 9.17) is 4.74 Å². The Hall–Kier alpha value is -5.23. The number of aromatic nitrogens is 1. The van der Waals surface area contributed by atoms with Crippen LogP contribution in [0.15, 0.2) is 77.7 Å². The van der Waals surface area contributed by atoms with Crippen molar-refractivity contribution >= 4 is 34.1 Å². The summed E-state index contributed by atoms with van der Waals surface area (Å²) in [7, 11) is 0. The quantitative estimate of drug-likeness (QED) is 0.115. The topological polar surface area (TPSA) is 167 Å². The average molecular weight is 644 g/mol. The molecule has 0 aliphatic heterocycles. The average Bonchev–Trinajstić information content (AvgIpc) is 3.02. The third-order valence-electron chi connectivity index (χ3n) is 7.62. The van der Waals surface area contributed by atoms with Crippen molar-refractivity contribution in [2.75, 3.05) is 25.0 Å². The van der Waals surface area contributed by atoms with E-state index in [0.717, 1.165) is 16.5 Å². The number of aliphatic hydroxyl groups is 1. The van der Waals surface area contributed by atoms with Crippen molar-refractivity contribution in [1.29, 1.82) is 0 Å². The van der Waals surface area contributed by atoms with Crippen molar-refractivity contribution in [1.82, 2.24) is 15.2 Å². The number of aryl methyl sites for hydroxylation is 1. The molecular weight excluding hydrogens is 602 g/mol. The molecule has 1 unspecified atom stereocenters.